The third kappa shape index (κ3) is 3.80. The maximum atomic E-state index is 12.9. The van der Waals surface area contributed by atoms with Gasteiger partial charge in [0.15, 0.2) is 0 Å². The Morgan fingerprint density at radius 2 is 1.86 bits per heavy atom. The van der Waals surface area contributed by atoms with Crippen molar-refractivity contribution >= 4 is 11.6 Å². The Morgan fingerprint density at radius 1 is 1.07 bits per heavy atom. The first kappa shape index (κ1) is 18.7. The predicted molar refractivity (Wildman–Crippen MR) is 99.1 cm³/mol. The Morgan fingerprint density at radius 3 is 2.57 bits per heavy atom. The molecule has 4 rings (SSSR count). The summed E-state index contributed by atoms with van der Waals surface area (Å²) in [5.74, 6) is 1.54. The Balaban J connectivity index is 1.45. The van der Waals surface area contributed by atoms with Gasteiger partial charge in [-0.1, -0.05) is 25.1 Å². The van der Waals surface area contributed by atoms with Crippen LogP contribution in [0.3, 0.4) is 0 Å². The highest BCUT2D eigenvalue weighted by Crippen LogP contribution is 2.30. The topological polar surface area (TPSA) is 49.6 Å². The average Bonchev–Trinajstić information content (AvgIpc) is 3.16. The molecule has 0 unspecified atom stereocenters. The van der Waals surface area contributed by atoms with Gasteiger partial charge in [-0.05, 0) is 18.1 Å². The summed E-state index contributed by atoms with van der Waals surface area (Å²) < 4.78 is 40.5. The zero-order valence-corrected chi connectivity index (χ0v) is 15.5. The van der Waals surface area contributed by atoms with Crippen molar-refractivity contribution in [3.8, 4) is 0 Å². The van der Waals surface area contributed by atoms with Gasteiger partial charge >= 0.3 is 6.18 Å². The third-order valence-electron chi connectivity index (χ3n) is 5.01. The van der Waals surface area contributed by atoms with Crippen LogP contribution in [0, 0.1) is 0 Å². The van der Waals surface area contributed by atoms with Gasteiger partial charge in [-0.2, -0.15) is 27.8 Å². The molecule has 3 heterocycles. The molecule has 0 atom stereocenters. The molecule has 9 heteroatoms. The molecule has 1 aromatic carbocycles. The number of hydrogen-bond acceptors (Lipinski definition) is 5. The summed E-state index contributed by atoms with van der Waals surface area (Å²) in [6.45, 7) is 5.60. The van der Waals surface area contributed by atoms with Crippen LogP contribution >= 0.6 is 0 Å². The van der Waals surface area contributed by atoms with Crippen molar-refractivity contribution in [2.24, 2.45) is 0 Å². The minimum absolute atomic E-state index is 0.507. The monoisotopic (exact) mass is 390 g/mol. The van der Waals surface area contributed by atoms with E-state index in [1.807, 2.05) is 13.0 Å². The molecular formula is C19H21F3N6. The number of aromatic nitrogens is 4. The Labute approximate surface area is 160 Å². The Hall–Kier alpha value is -2.68. The van der Waals surface area contributed by atoms with E-state index in [0.29, 0.717) is 17.9 Å². The van der Waals surface area contributed by atoms with Crippen molar-refractivity contribution in [3.63, 3.8) is 0 Å². The number of piperazine rings is 1. The summed E-state index contributed by atoms with van der Waals surface area (Å²) in [4.78, 5) is 13.1. The fourth-order valence-corrected chi connectivity index (χ4v) is 3.49. The fraction of sp³-hybridized carbons (Fsp3) is 0.421. The normalized spacial score (nSPS) is 16.1. The average molecular weight is 390 g/mol. The molecule has 0 bridgehead atoms. The van der Waals surface area contributed by atoms with Crippen molar-refractivity contribution < 1.29 is 13.2 Å². The molecule has 148 valence electrons. The summed E-state index contributed by atoms with van der Waals surface area (Å²) in [6.07, 6.45) is -2.00. The first-order valence-corrected chi connectivity index (χ1v) is 9.27. The predicted octanol–water partition coefficient (Wildman–Crippen LogP) is 3.03. The lowest BCUT2D eigenvalue weighted by atomic mass is 10.1. The van der Waals surface area contributed by atoms with E-state index < -0.39 is 11.7 Å². The van der Waals surface area contributed by atoms with E-state index in [-0.39, 0.29) is 0 Å². The lowest BCUT2D eigenvalue weighted by Crippen LogP contribution is -2.46. The van der Waals surface area contributed by atoms with E-state index in [4.69, 9.17) is 0 Å². The molecule has 0 saturated carbocycles. The molecule has 3 aromatic rings. The zero-order valence-electron chi connectivity index (χ0n) is 15.5. The molecule has 28 heavy (non-hydrogen) atoms. The van der Waals surface area contributed by atoms with E-state index in [9.17, 15) is 13.2 Å². The second kappa shape index (κ2) is 7.38. The molecule has 0 spiro atoms. The highest BCUT2D eigenvalue weighted by atomic mass is 19.4. The molecule has 1 aliphatic heterocycles. The van der Waals surface area contributed by atoms with Gasteiger partial charge in [-0.3, -0.25) is 4.90 Å². The van der Waals surface area contributed by atoms with Crippen molar-refractivity contribution in [1.29, 1.82) is 0 Å². The highest BCUT2D eigenvalue weighted by Gasteiger charge is 2.30. The summed E-state index contributed by atoms with van der Waals surface area (Å²) in [6, 6.07) is 7.60. The lowest BCUT2D eigenvalue weighted by molar-refractivity contribution is -0.137. The minimum atomic E-state index is -4.31. The van der Waals surface area contributed by atoms with Crippen molar-refractivity contribution in [2.45, 2.75) is 26.1 Å². The van der Waals surface area contributed by atoms with Crippen molar-refractivity contribution in [1.82, 2.24) is 24.5 Å². The molecular weight excluding hydrogens is 369 g/mol. The Bertz CT molecular complexity index is 960. The lowest BCUT2D eigenvalue weighted by Gasteiger charge is -2.36. The van der Waals surface area contributed by atoms with Gasteiger partial charge in [0.05, 0.1) is 5.56 Å². The van der Waals surface area contributed by atoms with Crippen LogP contribution in [0.1, 0.15) is 23.7 Å². The molecule has 0 amide bonds. The summed E-state index contributed by atoms with van der Waals surface area (Å²) in [5, 5.41) is 4.27. The first-order chi connectivity index (χ1) is 13.4. The van der Waals surface area contributed by atoms with Crippen LogP contribution in [-0.4, -0.2) is 50.7 Å². The summed E-state index contributed by atoms with van der Waals surface area (Å²) in [5.41, 5.74) is 1.04. The van der Waals surface area contributed by atoms with Crippen molar-refractivity contribution in [2.75, 3.05) is 31.1 Å². The van der Waals surface area contributed by atoms with Gasteiger partial charge in [0.1, 0.15) is 12.1 Å². The second-order valence-corrected chi connectivity index (χ2v) is 6.89. The van der Waals surface area contributed by atoms with Crippen LogP contribution in [0.25, 0.3) is 5.78 Å². The van der Waals surface area contributed by atoms with E-state index in [1.54, 1.807) is 10.6 Å². The number of alkyl halides is 3. The number of hydrogen-bond donors (Lipinski definition) is 0. The van der Waals surface area contributed by atoms with E-state index in [1.165, 1.54) is 18.5 Å². The summed E-state index contributed by atoms with van der Waals surface area (Å²) >= 11 is 0. The van der Waals surface area contributed by atoms with E-state index >= 15 is 0 Å². The minimum Gasteiger partial charge on any atom is -0.354 e. The summed E-state index contributed by atoms with van der Waals surface area (Å²) in [7, 11) is 0. The SMILES string of the molecule is CCc1cc(N2CCN(Cc3cccc(C(F)(F)F)c3)CC2)n2ncnc2n1. The molecule has 1 fully saturated rings. The number of rotatable bonds is 4. The van der Waals surface area contributed by atoms with Crippen molar-refractivity contribution in [3.05, 3.63) is 53.5 Å². The molecule has 6 nitrogen and oxygen atoms in total. The van der Waals surface area contributed by atoms with Crippen LogP contribution in [0.4, 0.5) is 19.0 Å². The standard InChI is InChI=1S/C19H21F3N6/c1-2-16-11-17(28-18(25-16)23-13-24-28)27-8-6-26(7-9-27)12-14-4-3-5-15(10-14)19(20,21)22/h3-5,10-11,13H,2,6-9,12H2,1H3. The number of nitrogens with zero attached hydrogens (tertiary/aromatic N) is 6. The highest BCUT2D eigenvalue weighted by molar-refractivity contribution is 5.47. The molecule has 0 aliphatic carbocycles. The zero-order chi connectivity index (χ0) is 19.7. The van der Waals surface area contributed by atoms with Crippen LogP contribution in [0.2, 0.25) is 0 Å². The largest absolute Gasteiger partial charge is 0.416 e. The van der Waals surface area contributed by atoms with Gasteiger partial charge < -0.3 is 4.90 Å². The maximum Gasteiger partial charge on any atom is 0.416 e. The van der Waals surface area contributed by atoms with E-state index in [2.05, 4.69) is 24.9 Å². The quantitative estimate of drug-likeness (QED) is 0.686. The van der Waals surface area contributed by atoms with Crippen LogP contribution in [0.5, 0.6) is 0 Å². The Kier molecular flexibility index (Phi) is 4.92. The van der Waals surface area contributed by atoms with Gasteiger partial charge in [0.25, 0.3) is 5.78 Å². The second-order valence-electron chi connectivity index (χ2n) is 6.89. The third-order valence-corrected chi connectivity index (χ3v) is 5.01. The van der Waals surface area contributed by atoms with Crippen LogP contribution in [-0.2, 0) is 19.1 Å². The maximum absolute atomic E-state index is 12.9. The number of anilines is 1. The molecule has 0 N–H and O–H groups in total. The number of benzene rings is 1. The van der Waals surface area contributed by atoms with Gasteiger partial charge in [-0.15, -0.1) is 0 Å². The smallest absolute Gasteiger partial charge is 0.354 e. The molecule has 0 radical (unpaired) electrons. The van der Waals surface area contributed by atoms with Gasteiger partial charge in [-0.25, -0.2) is 4.98 Å². The van der Waals surface area contributed by atoms with E-state index in [0.717, 1.165) is 50.2 Å². The molecule has 1 aliphatic rings. The van der Waals surface area contributed by atoms with Crippen LogP contribution in [0.15, 0.2) is 36.7 Å². The first-order valence-electron chi connectivity index (χ1n) is 9.27. The number of aryl methyl sites for hydroxylation is 1. The molecule has 2 aromatic heterocycles. The number of fused-ring (bicyclic) bond motifs is 1. The van der Waals surface area contributed by atoms with Gasteiger partial charge in [0, 0.05) is 44.5 Å². The molecule has 1 saturated heterocycles. The fourth-order valence-electron chi connectivity index (χ4n) is 3.49. The number of halogens is 3. The van der Waals surface area contributed by atoms with Crippen LogP contribution < -0.4 is 4.90 Å². The van der Waals surface area contributed by atoms with Gasteiger partial charge in [0.2, 0.25) is 0 Å².